The molecule has 0 unspecified atom stereocenters. The summed E-state index contributed by atoms with van der Waals surface area (Å²) in [5.41, 5.74) is 8.61. The molecule has 1 aliphatic heterocycles. The quantitative estimate of drug-likeness (QED) is 0.860. The average molecular weight is 358 g/mol. The zero-order valence-corrected chi connectivity index (χ0v) is 14.1. The number of hydrogen-bond acceptors (Lipinski definition) is 4. The normalized spacial score (nSPS) is 15.8. The highest BCUT2D eigenvalue weighted by atomic mass is 35.5. The summed E-state index contributed by atoms with van der Waals surface area (Å²) >= 11 is 1.76. The van der Waals surface area contributed by atoms with Crippen LogP contribution in [-0.2, 0) is 0 Å². The van der Waals surface area contributed by atoms with E-state index in [1.165, 1.54) is 0 Å². The zero-order valence-electron chi connectivity index (χ0n) is 11.7. The maximum absolute atomic E-state index is 12.2. The van der Waals surface area contributed by atoms with Gasteiger partial charge in [-0.15, -0.1) is 36.6 Å². The summed E-state index contributed by atoms with van der Waals surface area (Å²) in [6, 6.07) is 9.34. The number of halogens is 2. The van der Waals surface area contributed by atoms with E-state index >= 15 is 0 Å². The number of nitrogens with one attached hydrogen (secondary N) is 1. The summed E-state index contributed by atoms with van der Waals surface area (Å²) < 4.78 is 0. The summed E-state index contributed by atoms with van der Waals surface area (Å²) in [4.78, 5) is 17.2. The van der Waals surface area contributed by atoms with Gasteiger partial charge in [0.1, 0.15) is 0 Å². The van der Waals surface area contributed by atoms with E-state index in [0.717, 1.165) is 28.3 Å². The molecule has 0 fully saturated rings. The van der Waals surface area contributed by atoms with Gasteiger partial charge in [0.25, 0.3) is 5.91 Å². The fraction of sp³-hybridized carbons (Fsp3) is 0.200. The molecule has 1 atom stereocenters. The van der Waals surface area contributed by atoms with Crippen LogP contribution in [0.5, 0.6) is 0 Å². The summed E-state index contributed by atoms with van der Waals surface area (Å²) in [5.74, 6) is 0.891. The smallest absolute Gasteiger partial charge is 0.255 e. The third-order valence-electron chi connectivity index (χ3n) is 3.30. The van der Waals surface area contributed by atoms with Crippen molar-refractivity contribution in [1.82, 2.24) is 4.98 Å². The van der Waals surface area contributed by atoms with E-state index in [1.807, 2.05) is 18.2 Å². The van der Waals surface area contributed by atoms with E-state index in [9.17, 15) is 4.79 Å². The van der Waals surface area contributed by atoms with Gasteiger partial charge in [-0.3, -0.25) is 9.78 Å². The fourth-order valence-electron chi connectivity index (χ4n) is 2.20. The Labute approximate surface area is 146 Å². The number of carbonyl (C=O) groups is 1. The van der Waals surface area contributed by atoms with Crippen LogP contribution >= 0.6 is 36.6 Å². The molecule has 118 valence electrons. The molecule has 0 spiro atoms. The lowest BCUT2D eigenvalue weighted by Gasteiger charge is -2.22. The van der Waals surface area contributed by atoms with Gasteiger partial charge in [0.15, 0.2) is 0 Å². The number of anilines is 1. The molecule has 1 aromatic heterocycles. The monoisotopic (exact) mass is 357 g/mol. The van der Waals surface area contributed by atoms with Crippen molar-refractivity contribution < 1.29 is 4.79 Å². The van der Waals surface area contributed by atoms with Crippen molar-refractivity contribution in [2.45, 2.75) is 17.4 Å². The molecule has 1 amide bonds. The standard InChI is InChI=1S/C15H15N3OS.2ClH/c16-13-5-8-20-14-9-10(1-2-12(13)14)15(19)18-11-3-6-17-7-4-11;;/h1-4,6-7,9,13H,5,8,16H2,(H,17,18,19);2*1H/t13-;;/m0../s1. The molecular weight excluding hydrogens is 341 g/mol. The van der Waals surface area contributed by atoms with Gasteiger partial charge in [-0.05, 0) is 42.0 Å². The maximum Gasteiger partial charge on any atom is 0.255 e. The van der Waals surface area contributed by atoms with Gasteiger partial charge in [-0.25, -0.2) is 0 Å². The van der Waals surface area contributed by atoms with Gasteiger partial charge in [0.2, 0.25) is 0 Å². The van der Waals surface area contributed by atoms with Gasteiger partial charge in [0, 0.05) is 34.6 Å². The molecule has 2 heterocycles. The Bertz CT molecular complexity index is 640. The maximum atomic E-state index is 12.2. The predicted octanol–water partition coefficient (Wildman–Crippen LogP) is 3.67. The lowest BCUT2D eigenvalue weighted by molar-refractivity contribution is 0.102. The topological polar surface area (TPSA) is 68.0 Å². The molecule has 4 nitrogen and oxygen atoms in total. The molecule has 3 rings (SSSR count). The van der Waals surface area contributed by atoms with Crippen molar-refractivity contribution in [3.8, 4) is 0 Å². The minimum absolute atomic E-state index is 0. The van der Waals surface area contributed by atoms with Crippen LogP contribution in [0.15, 0.2) is 47.6 Å². The molecule has 0 aliphatic carbocycles. The number of hydrogen-bond donors (Lipinski definition) is 2. The molecule has 0 bridgehead atoms. The van der Waals surface area contributed by atoms with Crippen molar-refractivity contribution in [2.24, 2.45) is 5.73 Å². The van der Waals surface area contributed by atoms with Gasteiger partial charge in [0.05, 0.1) is 0 Å². The van der Waals surface area contributed by atoms with E-state index < -0.39 is 0 Å². The number of amides is 1. The second kappa shape index (κ2) is 8.39. The number of thioether (sulfide) groups is 1. The number of benzene rings is 1. The molecule has 0 radical (unpaired) electrons. The molecule has 0 saturated carbocycles. The predicted molar refractivity (Wildman–Crippen MR) is 95.4 cm³/mol. The Balaban J connectivity index is 0.00000121. The highest BCUT2D eigenvalue weighted by molar-refractivity contribution is 7.99. The number of aromatic nitrogens is 1. The fourth-order valence-corrected chi connectivity index (χ4v) is 3.38. The number of carbonyl (C=O) groups excluding carboxylic acids is 1. The molecule has 1 aromatic carbocycles. The number of rotatable bonds is 2. The third-order valence-corrected chi connectivity index (χ3v) is 4.40. The molecule has 2 aromatic rings. The molecule has 0 saturated heterocycles. The van der Waals surface area contributed by atoms with Crippen molar-refractivity contribution in [1.29, 1.82) is 0 Å². The van der Waals surface area contributed by atoms with Crippen LogP contribution in [-0.4, -0.2) is 16.6 Å². The summed E-state index contributed by atoms with van der Waals surface area (Å²) in [6.45, 7) is 0. The van der Waals surface area contributed by atoms with E-state index in [2.05, 4.69) is 10.3 Å². The minimum atomic E-state index is -0.112. The molecule has 7 heteroatoms. The Morgan fingerprint density at radius 2 is 1.95 bits per heavy atom. The summed E-state index contributed by atoms with van der Waals surface area (Å²) in [5, 5.41) is 2.86. The minimum Gasteiger partial charge on any atom is -0.324 e. The van der Waals surface area contributed by atoms with Crippen LogP contribution in [0.25, 0.3) is 0 Å². The van der Waals surface area contributed by atoms with Crippen molar-refractivity contribution >= 4 is 48.2 Å². The molecular formula is C15H17Cl2N3OS. The van der Waals surface area contributed by atoms with Crippen molar-refractivity contribution in [3.63, 3.8) is 0 Å². The molecule has 3 N–H and O–H groups in total. The first-order valence-corrected chi connectivity index (χ1v) is 7.46. The highest BCUT2D eigenvalue weighted by Crippen LogP contribution is 2.35. The van der Waals surface area contributed by atoms with E-state index in [-0.39, 0.29) is 36.8 Å². The van der Waals surface area contributed by atoms with Gasteiger partial charge < -0.3 is 11.1 Å². The average Bonchev–Trinajstić information content (AvgIpc) is 2.48. The summed E-state index contributed by atoms with van der Waals surface area (Å²) in [6.07, 6.45) is 4.29. The second-order valence-corrected chi connectivity index (χ2v) is 5.82. The summed E-state index contributed by atoms with van der Waals surface area (Å²) in [7, 11) is 0. The first-order chi connectivity index (χ1) is 9.74. The second-order valence-electron chi connectivity index (χ2n) is 4.69. The molecule has 1 aliphatic rings. The number of pyridine rings is 1. The van der Waals surface area contributed by atoms with Crippen molar-refractivity contribution in [3.05, 3.63) is 53.9 Å². The van der Waals surface area contributed by atoms with E-state index in [4.69, 9.17) is 5.73 Å². The Hall–Kier alpha value is -1.27. The van der Waals surface area contributed by atoms with Gasteiger partial charge in [-0.1, -0.05) is 6.07 Å². The van der Waals surface area contributed by atoms with Crippen LogP contribution < -0.4 is 11.1 Å². The molecule has 22 heavy (non-hydrogen) atoms. The van der Waals surface area contributed by atoms with E-state index in [0.29, 0.717) is 5.56 Å². The number of fused-ring (bicyclic) bond motifs is 1. The number of nitrogens with two attached hydrogens (primary N) is 1. The van der Waals surface area contributed by atoms with Crippen LogP contribution in [0, 0.1) is 0 Å². The first-order valence-electron chi connectivity index (χ1n) is 6.48. The third kappa shape index (κ3) is 4.14. The highest BCUT2D eigenvalue weighted by Gasteiger charge is 2.18. The van der Waals surface area contributed by atoms with Gasteiger partial charge >= 0.3 is 0 Å². The van der Waals surface area contributed by atoms with Crippen LogP contribution in [0.1, 0.15) is 28.4 Å². The lowest BCUT2D eigenvalue weighted by atomic mass is 10.0. The first kappa shape index (κ1) is 18.8. The van der Waals surface area contributed by atoms with Crippen LogP contribution in [0.3, 0.4) is 0 Å². The number of nitrogens with zero attached hydrogens (tertiary/aromatic N) is 1. The Morgan fingerprint density at radius 3 is 2.68 bits per heavy atom. The van der Waals surface area contributed by atoms with Crippen LogP contribution in [0.4, 0.5) is 5.69 Å². The van der Waals surface area contributed by atoms with Gasteiger partial charge in [-0.2, -0.15) is 0 Å². The SMILES string of the molecule is Cl.Cl.N[C@H]1CCSc2cc(C(=O)Nc3ccncc3)ccc21. The van der Waals surface area contributed by atoms with Crippen molar-refractivity contribution in [2.75, 3.05) is 11.1 Å². The Morgan fingerprint density at radius 1 is 1.23 bits per heavy atom. The zero-order chi connectivity index (χ0) is 13.9. The largest absolute Gasteiger partial charge is 0.324 e. The Kier molecular flexibility index (Phi) is 7.16. The van der Waals surface area contributed by atoms with E-state index in [1.54, 1.807) is 36.3 Å². The lowest BCUT2D eigenvalue weighted by Crippen LogP contribution is -2.17. The van der Waals surface area contributed by atoms with Crippen LogP contribution in [0.2, 0.25) is 0 Å².